The van der Waals surface area contributed by atoms with Crippen molar-refractivity contribution in [2.45, 2.75) is 6.23 Å². The number of hydrogen-bond donors (Lipinski definition) is 1. The molecule has 0 radical (unpaired) electrons. The number of ether oxygens (including phenoxy) is 1. The van der Waals surface area contributed by atoms with Crippen molar-refractivity contribution in [1.29, 1.82) is 0 Å². The van der Waals surface area contributed by atoms with Crippen molar-refractivity contribution >= 4 is 40.5 Å². The molecule has 2 heterocycles. The number of nitrogens with zero attached hydrogens (tertiary/aromatic N) is 3. The van der Waals surface area contributed by atoms with Crippen molar-refractivity contribution in [2.75, 3.05) is 12.1 Å². The van der Waals surface area contributed by atoms with Gasteiger partial charge in [0.2, 0.25) is 0 Å². The number of carbonyl (C=O) groups is 1. The quantitative estimate of drug-likeness (QED) is 0.861. The summed E-state index contributed by atoms with van der Waals surface area (Å²) in [6.07, 6.45) is 1.84. The molecule has 0 spiro atoms. The minimum Gasteiger partial charge on any atom is -0.466 e. The number of esters is 1. The second-order valence-electron chi connectivity index (χ2n) is 4.68. The molecule has 1 atom stereocenters. The Bertz CT molecular complexity index is 772. The Hall–Kier alpha value is -2.22. The van der Waals surface area contributed by atoms with E-state index in [0.29, 0.717) is 16.4 Å². The summed E-state index contributed by atoms with van der Waals surface area (Å²) in [5.74, 6) is -0.618. The maximum Gasteiger partial charge on any atom is 0.338 e. The maximum atomic E-state index is 12.0. The van der Waals surface area contributed by atoms with E-state index < -0.39 is 12.2 Å². The molecule has 0 fully saturated rings. The van der Waals surface area contributed by atoms with Crippen LogP contribution in [0.15, 0.2) is 52.6 Å². The van der Waals surface area contributed by atoms with Crippen molar-refractivity contribution < 1.29 is 14.6 Å². The van der Waals surface area contributed by atoms with Crippen LogP contribution in [-0.2, 0) is 9.53 Å². The highest BCUT2D eigenvalue weighted by Gasteiger charge is 2.31. The Balaban J connectivity index is 2.07. The predicted molar refractivity (Wildman–Crippen MR) is 88.7 cm³/mol. The average Bonchev–Trinajstić information content (AvgIpc) is 3.09. The van der Waals surface area contributed by atoms with Gasteiger partial charge >= 0.3 is 5.97 Å². The van der Waals surface area contributed by atoms with E-state index in [1.807, 2.05) is 0 Å². The van der Waals surface area contributed by atoms with Gasteiger partial charge < -0.3 is 9.84 Å². The normalized spacial score (nSPS) is 17.5. The predicted octanol–water partition coefficient (Wildman–Crippen LogP) is 2.44. The first-order valence-corrected chi connectivity index (χ1v) is 7.82. The lowest BCUT2D eigenvalue weighted by atomic mass is 10.0. The second kappa shape index (κ2) is 6.49. The number of rotatable bonds is 3. The minimum absolute atomic E-state index is 0.0960. The second-order valence-corrected chi connectivity index (χ2v) is 5.78. The molecule has 0 saturated carbocycles. The molecule has 0 bridgehead atoms. The summed E-state index contributed by atoms with van der Waals surface area (Å²) >= 11 is 7.12. The van der Waals surface area contributed by atoms with Crippen molar-refractivity contribution in [1.82, 2.24) is 4.37 Å². The largest absolute Gasteiger partial charge is 0.466 e. The number of hydrazone groups is 1. The number of aliphatic hydroxyl groups excluding tert-OH is 1. The molecule has 23 heavy (non-hydrogen) atoms. The van der Waals surface area contributed by atoms with Gasteiger partial charge in [-0.3, -0.25) is 0 Å². The van der Waals surface area contributed by atoms with E-state index >= 15 is 0 Å². The van der Waals surface area contributed by atoms with Crippen LogP contribution in [0.3, 0.4) is 0 Å². The number of allylic oxidation sites excluding steroid dienone is 1. The number of aliphatic hydroxyl groups is 1. The van der Waals surface area contributed by atoms with Gasteiger partial charge in [-0.2, -0.15) is 9.47 Å². The molecule has 1 aromatic heterocycles. The fourth-order valence-corrected chi connectivity index (χ4v) is 2.74. The van der Waals surface area contributed by atoms with E-state index in [2.05, 4.69) is 9.47 Å². The first-order valence-electron chi connectivity index (χ1n) is 6.61. The lowest BCUT2D eigenvalue weighted by molar-refractivity contribution is -0.137. The van der Waals surface area contributed by atoms with Gasteiger partial charge in [-0.05, 0) is 29.7 Å². The SMILES string of the molecule is COC(=O)C1=CC(c2ccc(Cl)cc2)=NN(c2cnsc2)C1O. The fourth-order valence-electron chi connectivity index (χ4n) is 2.11. The number of anilines is 1. The van der Waals surface area contributed by atoms with Crippen LogP contribution in [0.2, 0.25) is 5.02 Å². The van der Waals surface area contributed by atoms with Crippen LogP contribution in [0.1, 0.15) is 5.56 Å². The first kappa shape index (κ1) is 15.7. The molecule has 1 aromatic carbocycles. The number of carbonyl (C=O) groups excluding carboxylic acids is 1. The summed E-state index contributed by atoms with van der Waals surface area (Å²) in [7, 11) is 1.26. The van der Waals surface area contributed by atoms with E-state index in [-0.39, 0.29) is 5.57 Å². The lowest BCUT2D eigenvalue weighted by Crippen LogP contribution is -2.39. The Morgan fingerprint density at radius 3 is 2.74 bits per heavy atom. The van der Waals surface area contributed by atoms with Crippen molar-refractivity contribution in [3.05, 3.63) is 58.1 Å². The van der Waals surface area contributed by atoms with E-state index in [1.165, 1.54) is 29.7 Å². The summed E-state index contributed by atoms with van der Waals surface area (Å²) in [5, 5.41) is 18.5. The molecule has 1 aliphatic heterocycles. The van der Waals surface area contributed by atoms with Gasteiger partial charge in [0, 0.05) is 16.0 Å². The third-order valence-electron chi connectivity index (χ3n) is 3.26. The van der Waals surface area contributed by atoms with Crippen LogP contribution in [-0.4, -0.2) is 34.5 Å². The summed E-state index contributed by atoms with van der Waals surface area (Å²) in [6, 6.07) is 7.03. The summed E-state index contributed by atoms with van der Waals surface area (Å²) in [6.45, 7) is 0. The van der Waals surface area contributed by atoms with Gasteiger partial charge in [0.25, 0.3) is 0 Å². The molecule has 0 saturated heterocycles. The molecule has 1 aliphatic rings. The first-order chi connectivity index (χ1) is 11.1. The molecule has 0 aliphatic carbocycles. The Morgan fingerprint density at radius 2 is 2.13 bits per heavy atom. The zero-order valence-corrected chi connectivity index (χ0v) is 13.6. The molecular formula is C15H12ClN3O3S. The molecule has 6 nitrogen and oxygen atoms in total. The molecule has 1 unspecified atom stereocenters. The van der Waals surface area contributed by atoms with Crippen LogP contribution in [0.25, 0.3) is 0 Å². The summed E-state index contributed by atoms with van der Waals surface area (Å²) < 4.78 is 8.74. The van der Waals surface area contributed by atoms with Gasteiger partial charge in [0.15, 0.2) is 6.23 Å². The third kappa shape index (κ3) is 3.12. The molecule has 0 amide bonds. The van der Waals surface area contributed by atoms with Crippen LogP contribution < -0.4 is 5.01 Å². The Kier molecular flexibility index (Phi) is 4.42. The van der Waals surface area contributed by atoms with Gasteiger partial charge in [0.1, 0.15) is 0 Å². The monoisotopic (exact) mass is 349 g/mol. The zero-order chi connectivity index (χ0) is 16.4. The summed E-state index contributed by atoms with van der Waals surface area (Å²) in [5.41, 5.74) is 1.96. The number of benzene rings is 1. The average molecular weight is 350 g/mol. The van der Waals surface area contributed by atoms with Gasteiger partial charge in [0.05, 0.1) is 30.3 Å². The molecule has 2 aromatic rings. The van der Waals surface area contributed by atoms with Crippen molar-refractivity contribution in [2.24, 2.45) is 5.10 Å². The molecular weight excluding hydrogens is 338 g/mol. The van der Waals surface area contributed by atoms with Gasteiger partial charge in [-0.25, -0.2) is 9.80 Å². The highest BCUT2D eigenvalue weighted by Crippen LogP contribution is 2.26. The van der Waals surface area contributed by atoms with Crippen LogP contribution >= 0.6 is 23.1 Å². The number of halogens is 1. The molecule has 1 N–H and O–H groups in total. The van der Waals surface area contributed by atoms with Crippen LogP contribution in [0, 0.1) is 0 Å². The fraction of sp³-hybridized carbons (Fsp3) is 0.133. The van der Waals surface area contributed by atoms with E-state index in [9.17, 15) is 9.90 Å². The number of methoxy groups -OCH3 is 1. The highest BCUT2D eigenvalue weighted by atomic mass is 35.5. The molecule has 118 valence electrons. The van der Waals surface area contributed by atoms with Crippen molar-refractivity contribution in [3.8, 4) is 0 Å². The smallest absolute Gasteiger partial charge is 0.338 e. The molecule has 3 rings (SSSR count). The topological polar surface area (TPSA) is 75.0 Å². The Labute approximate surface area is 141 Å². The van der Waals surface area contributed by atoms with Gasteiger partial charge in [-0.1, -0.05) is 23.7 Å². The van der Waals surface area contributed by atoms with Crippen LogP contribution in [0.5, 0.6) is 0 Å². The maximum absolute atomic E-state index is 12.0. The Morgan fingerprint density at radius 1 is 1.39 bits per heavy atom. The van der Waals surface area contributed by atoms with E-state index in [1.54, 1.807) is 35.8 Å². The zero-order valence-electron chi connectivity index (χ0n) is 12.0. The lowest BCUT2D eigenvalue weighted by Gasteiger charge is -2.29. The standard InChI is InChI=1S/C15H12ClN3O3S/c1-22-15(21)12-6-13(9-2-4-10(16)5-3-9)18-19(14(12)20)11-7-17-23-8-11/h2-8,14,20H,1H3. The van der Waals surface area contributed by atoms with E-state index in [4.69, 9.17) is 16.3 Å². The van der Waals surface area contributed by atoms with E-state index in [0.717, 1.165) is 5.56 Å². The molecule has 8 heteroatoms. The highest BCUT2D eigenvalue weighted by molar-refractivity contribution is 7.04. The number of hydrogen-bond acceptors (Lipinski definition) is 7. The van der Waals surface area contributed by atoms with Crippen LogP contribution in [0.4, 0.5) is 5.69 Å². The third-order valence-corrected chi connectivity index (χ3v) is 4.09. The van der Waals surface area contributed by atoms with Crippen molar-refractivity contribution in [3.63, 3.8) is 0 Å². The van der Waals surface area contributed by atoms with Gasteiger partial charge in [-0.15, -0.1) is 0 Å². The number of aromatic nitrogens is 1. The minimum atomic E-state index is -1.24. The summed E-state index contributed by atoms with van der Waals surface area (Å²) in [4.78, 5) is 12.0.